The molecule has 4 N–H and O–H groups in total. The maximum absolute atomic E-state index is 8.55. The Morgan fingerprint density at radius 2 is 1.21 bits per heavy atom. The Balaban J connectivity index is -0.000000313. The third-order valence-corrected chi connectivity index (χ3v) is 2.56. The lowest BCUT2D eigenvalue weighted by molar-refractivity contribution is -0.0466. The topological polar surface area (TPSA) is 90.4 Å². The lowest BCUT2D eigenvalue weighted by Crippen LogP contribution is -2.02. The third-order valence-electron chi connectivity index (χ3n) is 2.56. The molecule has 0 heterocycles. The van der Waals surface area contributed by atoms with Gasteiger partial charge < -0.3 is 25.2 Å². The number of methoxy groups -OCH3 is 2. The Kier molecular flexibility index (Phi) is 28.8. The molecule has 0 rings (SSSR count). The quantitative estimate of drug-likeness (QED) is 0.447. The monoisotopic (exact) mass is 282 g/mol. The van der Waals surface area contributed by atoms with Crippen LogP contribution in [-0.2, 0) is 9.47 Å². The van der Waals surface area contributed by atoms with Crippen LogP contribution in [0.1, 0.15) is 58.3 Å². The zero-order valence-corrected chi connectivity index (χ0v) is 12.9. The van der Waals surface area contributed by atoms with Crippen molar-refractivity contribution in [3.8, 4) is 0 Å². The Hall–Kier alpha value is -0.200. The van der Waals surface area contributed by atoms with Gasteiger partial charge in [-0.05, 0) is 12.8 Å². The summed E-state index contributed by atoms with van der Waals surface area (Å²) in [6.07, 6.45) is 8.03. The zero-order chi connectivity index (χ0) is 14.1. The molecule has 0 fully saturated rings. The van der Waals surface area contributed by atoms with Crippen molar-refractivity contribution in [3.63, 3.8) is 0 Å². The van der Waals surface area contributed by atoms with E-state index in [1.807, 2.05) is 0 Å². The summed E-state index contributed by atoms with van der Waals surface area (Å²) in [4.78, 5) is 0. The van der Waals surface area contributed by atoms with Gasteiger partial charge in [0.25, 0.3) is 0 Å². The minimum atomic E-state index is -1.10. The summed E-state index contributed by atoms with van der Waals surface area (Å²) in [5.41, 5.74) is 0. The van der Waals surface area contributed by atoms with Crippen LogP contribution in [0, 0.1) is 0 Å². The molecule has 120 valence electrons. The second-order valence-electron chi connectivity index (χ2n) is 4.38. The Morgan fingerprint density at radius 3 is 1.58 bits per heavy atom. The molecular weight excluding hydrogens is 248 g/mol. The number of unbranched alkanes of at least 4 members (excludes halogenated alkanes) is 6. The van der Waals surface area contributed by atoms with E-state index in [1.54, 1.807) is 14.2 Å². The van der Waals surface area contributed by atoms with E-state index in [-0.39, 0.29) is 5.48 Å². The predicted molar refractivity (Wildman–Crippen MR) is 78.2 cm³/mol. The van der Waals surface area contributed by atoms with Crippen LogP contribution < -0.4 is 0 Å². The molecule has 0 aromatic heterocycles. The molecule has 0 aliphatic carbocycles. The van der Waals surface area contributed by atoms with E-state index < -0.39 is 6.29 Å². The molecule has 0 atom stereocenters. The highest BCUT2D eigenvalue weighted by atomic mass is 16.5. The summed E-state index contributed by atoms with van der Waals surface area (Å²) in [5.74, 6) is 0. The SMILES string of the molecule is CCCCCCCCCC(O)O.COCCOC.O. The number of aliphatic hydroxyl groups is 2. The molecule has 5 nitrogen and oxygen atoms in total. The molecule has 0 unspecified atom stereocenters. The summed E-state index contributed by atoms with van der Waals surface area (Å²) < 4.78 is 9.31. The van der Waals surface area contributed by atoms with E-state index in [1.165, 1.54) is 32.1 Å². The number of hydrogen-bond donors (Lipinski definition) is 2. The highest BCUT2D eigenvalue weighted by Crippen LogP contribution is 2.08. The van der Waals surface area contributed by atoms with Crippen molar-refractivity contribution in [2.45, 2.75) is 64.6 Å². The summed E-state index contributed by atoms with van der Waals surface area (Å²) in [7, 11) is 3.30. The first-order chi connectivity index (χ1) is 8.68. The van der Waals surface area contributed by atoms with Crippen molar-refractivity contribution in [1.82, 2.24) is 0 Å². The Morgan fingerprint density at radius 1 is 0.789 bits per heavy atom. The van der Waals surface area contributed by atoms with E-state index in [2.05, 4.69) is 16.4 Å². The van der Waals surface area contributed by atoms with Crippen molar-refractivity contribution in [1.29, 1.82) is 0 Å². The zero-order valence-electron chi connectivity index (χ0n) is 12.9. The van der Waals surface area contributed by atoms with E-state index in [9.17, 15) is 0 Å². The first kappa shape index (κ1) is 23.9. The van der Waals surface area contributed by atoms with Gasteiger partial charge in [-0.1, -0.05) is 45.4 Å². The number of hydrogen-bond acceptors (Lipinski definition) is 4. The molecule has 0 aliphatic heterocycles. The average molecular weight is 282 g/mol. The highest BCUT2D eigenvalue weighted by molar-refractivity contribution is 4.46. The van der Waals surface area contributed by atoms with Gasteiger partial charge in [0.2, 0.25) is 0 Å². The number of ether oxygens (including phenoxy) is 2. The van der Waals surface area contributed by atoms with Crippen LogP contribution >= 0.6 is 0 Å². The van der Waals surface area contributed by atoms with Crippen LogP contribution in [0.5, 0.6) is 0 Å². The molecular formula is C14H34O5. The first-order valence-electron chi connectivity index (χ1n) is 7.03. The number of aliphatic hydroxyl groups excluding tert-OH is 1. The molecule has 5 heteroatoms. The normalized spacial score (nSPS) is 9.79. The molecule has 0 bridgehead atoms. The van der Waals surface area contributed by atoms with Crippen LogP contribution in [0.3, 0.4) is 0 Å². The molecule has 0 spiro atoms. The smallest absolute Gasteiger partial charge is 0.151 e. The molecule has 0 amide bonds. The highest BCUT2D eigenvalue weighted by Gasteiger charge is 1.96. The maximum Gasteiger partial charge on any atom is 0.151 e. The lowest BCUT2D eigenvalue weighted by atomic mass is 10.1. The molecule has 0 aromatic carbocycles. The maximum atomic E-state index is 8.55. The summed E-state index contributed by atoms with van der Waals surface area (Å²) in [6.45, 7) is 3.59. The van der Waals surface area contributed by atoms with E-state index >= 15 is 0 Å². The van der Waals surface area contributed by atoms with Crippen LogP contribution in [0.25, 0.3) is 0 Å². The van der Waals surface area contributed by atoms with Crippen LogP contribution in [0.2, 0.25) is 0 Å². The van der Waals surface area contributed by atoms with Crippen molar-refractivity contribution < 1.29 is 25.2 Å². The first-order valence-corrected chi connectivity index (χ1v) is 7.03. The molecule has 0 saturated carbocycles. The molecule has 0 aliphatic rings. The van der Waals surface area contributed by atoms with Crippen molar-refractivity contribution in [2.24, 2.45) is 0 Å². The fraction of sp³-hybridized carbons (Fsp3) is 1.00. The minimum Gasteiger partial charge on any atom is -0.412 e. The second kappa shape index (κ2) is 22.9. The Bertz CT molecular complexity index is 127. The van der Waals surface area contributed by atoms with Gasteiger partial charge in [-0.15, -0.1) is 0 Å². The third kappa shape index (κ3) is 31.9. The largest absolute Gasteiger partial charge is 0.412 e. The van der Waals surface area contributed by atoms with E-state index in [4.69, 9.17) is 10.2 Å². The predicted octanol–water partition coefficient (Wildman–Crippen LogP) is 1.89. The van der Waals surface area contributed by atoms with Gasteiger partial charge in [0.1, 0.15) is 0 Å². The fourth-order valence-electron chi connectivity index (χ4n) is 1.45. The fourth-order valence-corrected chi connectivity index (χ4v) is 1.45. The van der Waals surface area contributed by atoms with Crippen molar-refractivity contribution in [3.05, 3.63) is 0 Å². The Labute approximate surface area is 118 Å². The van der Waals surface area contributed by atoms with Gasteiger partial charge in [-0.3, -0.25) is 0 Å². The van der Waals surface area contributed by atoms with Gasteiger partial charge in [0.15, 0.2) is 6.29 Å². The van der Waals surface area contributed by atoms with Gasteiger partial charge >= 0.3 is 0 Å². The summed E-state index contributed by atoms with van der Waals surface area (Å²) in [5, 5.41) is 17.1. The van der Waals surface area contributed by atoms with Gasteiger partial charge in [-0.25, -0.2) is 0 Å². The molecule has 0 saturated heterocycles. The van der Waals surface area contributed by atoms with E-state index in [0.29, 0.717) is 19.6 Å². The standard InChI is InChI=1S/C10H22O2.C4H10O2.H2O/c1-2-3-4-5-6-7-8-9-10(11)12;1-5-3-4-6-2;/h10-12H,2-9H2,1H3;3-4H2,1-2H3;1H2. The molecule has 0 radical (unpaired) electrons. The lowest BCUT2D eigenvalue weighted by Gasteiger charge is -2.02. The average Bonchev–Trinajstić information content (AvgIpc) is 2.36. The van der Waals surface area contributed by atoms with Gasteiger partial charge in [0.05, 0.1) is 13.2 Å². The van der Waals surface area contributed by atoms with Crippen LogP contribution in [-0.4, -0.2) is 49.4 Å². The van der Waals surface area contributed by atoms with Crippen LogP contribution in [0.4, 0.5) is 0 Å². The van der Waals surface area contributed by atoms with Crippen LogP contribution in [0.15, 0.2) is 0 Å². The van der Waals surface area contributed by atoms with E-state index in [0.717, 1.165) is 12.8 Å². The second-order valence-corrected chi connectivity index (χ2v) is 4.38. The summed E-state index contributed by atoms with van der Waals surface area (Å²) >= 11 is 0. The van der Waals surface area contributed by atoms with Crippen molar-refractivity contribution >= 4 is 0 Å². The number of rotatable bonds is 11. The minimum absolute atomic E-state index is 0. The molecule has 19 heavy (non-hydrogen) atoms. The molecule has 0 aromatic rings. The van der Waals surface area contributed by atoms with Gasteiger partial charge in [-0.2, -0.15) is 0 Å². The summed E-state index contributed by atoms with van der Waals surface area (Å²) in [6, 6.07) is 0. The van der Waals surface area contributed by atoms with Gasteiger partial charge in [0, 0.05) is 14.2 Å². The van der Waals surface area contributed by atoms with Crippen molar-refractivity contribution in [2.75, 3.05) is 27.4 Å².